The summed E-state index contributed by atoms with van der Waals surface area (Å²) in [6, 6.07) is 3.79. The highest BCUT2D eigenvalue weighted by Crippen LogP contribution is 2.48. The maximum Gasteiger partial charge on any atom is 0.107 e. The first kappa shape index (κ1) is 14.1. The third kappa shape index (κ3) is 1.94. The smallest absolute Gasteiger partial charge is 0.107 e. The fourth-order valence-electron chi connectivity index (χ4n) is 3.82. The van der Waals surface area contributed by atoms with Crippen molar-refractivity contribution in [1.82, 2.24) is 14.7 Å². The number of halogens is 2. The summed E-state index contributed by atoms with van der Waals surface area (Å²) in [4.78, 5) is 4.16. The maximum atomic E-state index is 11.1. The van der Waals surface area contributed by atoms with Crippen LogP contribution in [-0.4, -0.2) is 27.6 Å². The van der Waals surface area contributed by atoms with Crippen LogP contribution in [0.5, 0.6) is 0 Å². The van der Waals surface area contributed by atoms with Gasteiger partial charge in [0.25, 0.3) is 0 Å². The Bertz CT molecular complexity index is 630. The minimum Gasteiger partial charge on any atom is -0.384 e. The molecule has 3 heterocycles. The molecular weight excluding hydrogens is 297 g/mol. The Labute approximate surface area is 128 Å². The van der Waals surface area contributed by atoms with Crippen molar-refractivity contribution < 1.29 is 5.11 Å². The largest absolute Gasteiger partial charge is 0.384 e. The Balaban J connectivity index is 0.00000121. The number of hydrogen-bond acceptors (Lipinski definition) is 3. The van der Waals surface area contributed by atoms with Gasteiger partial charge < -0.3 is 10.4 Å². The molecule has 2 aromatic rings. The van der Waals surface area contributed by atoms with Crippen molar-refractivity contribution in [1.29, 1.82) is 0 Å². The topological polar surface area (TPSA) is 49.6 Å². The van der Waals surface area contributed by atoms with Crippen molar-refractivity contribution in [2.45, 2.75) is 18.4 Å². The summed E-state index contributed by atoms with van der Waals surface area (Å²) in [7, 11) is 0. The fourth-order valence-corrected chi connectivity index (χ4v) is 4.15. The first-order valence-electron chi connectivity index (χ1n) is 6.71. The van der Waals surface area contributed by atoms with Gasteiger partial charge in [-0.1, -0.05) is 11.6 Å². The maximum absolute atomic E-state index is 11.1. The number of fused-ring (bicyclic) bond motifs is 2. The molecule has 1 aliphatic heterocycles. The molecule has 2 N–H and O–H groups in total. The SMILES string of the molecule is Cl.OC1(c2c(Cl)ccc3cncn23)C[C@H]2CNC[C@H]2C1. The van der Waals surface area contributed by atoms with E-state index in [4.69, 9.17) is 11.6 Å². The van der Waals surface area contributed by atoms with Gasteiger partial charge in [-0.25, -0.2) is 4.98 Å². The highest BCUT2D eigenvalue weighted by atomic mass is 35.5. The van der Waals surface area contributed by atoms with E-state index in [1.807, 2.05) is 16.5 Å². The fraction of sp³-hybridized carbons (Fsp3) is 0.500. The zero-order valence-electron chi connectivity index (χ0n) is 10.9. The molecule has 2 aromatic heterocycles. The van der Waals surface area contributed by atoms with Gasteiger partial charge >= 0.3 is 0 Å². The van der Waals surface area contributed by atoms with E-state index in [0.717, 1.165) is 37.1 Å². The standard InChI is InChI=1S/C14H16ClN3O.ClH/c15-12-2-1-11-7-17-8-18(11)13(12)14(19)3-9-5-16-6-10(9)4-14;/h1-2,7-10,16,19H,3-6H2;1H/t9-,10+,14?;. The van der Waals surface area contributed by atoms with Gasteiger partial charge in [0.2, 0.25) is 0 Å². The Kier molecular flexibility index (Phi) is 3.45. The average Bonchev–Trinajstić information content (AvgIpc) is 3.02. The van der Waals surface area contributed by atoms with E-state index in [-0.39, 0.29) is 12.4 Å². The molecule has 0 bridgehead atoms. The average molecular weight is 314 g/mol. The number of aliphatic hydroxyl groups is 1. The molecule has 4 rings (SSSR count). The van der Waals surface area contributed by atoms with Crippen molar-refractivity contribution in [3.63, 3.8) is 0 Å². The second-order valence-corrected chi connectivity index (χ2v) is 6.24. The minimum absolute atomic E-state index is 0. The number of imidazole rings is 1. The Morgan fingerprint density at radius 1 is 1.30 bits per heavy atom. The molecule has 0 amide bonds. The molecule has 1 saturated carbocycles. The zero-order valence-corrected chi connectivity index (χ0v) is 12.5. The zero-order chi connectivity index (χ0) is 13.0. The van der Waals surface area contributed by atoms with Crippen LogP contribution in [0, 0.1) is 11.8 Å². The monoisotopic (exact) mass is 313 g/mol. The first-order chi connectivity index (χ1) is 9.17. The molecule has 108 valence electrons. The van der Waals surface area contributed by atoms with Crippen LogP contribution in [0.2, 0.25) is 5.02 Å². The summed E-state index contributed by atoms with van der Waals surface area (Å²) in [5.41, 5.74) is 0.955. The van der Waals surface area contributed by atoms with Gasteiger partial charge in [0.1, 0.15) is 5.60 Å². The van der Waals surface area contributed by atoms with E-state index in [1.165, 1.54) is 0 Å². The lowest BCUT2D eigenvalue weighted by molar-refractivity contribution is 0.0304. The molecule has 6 heteroatoms. The quantitative estimate of drug-likeness (QED) is 0.849. The second kappa shape index (κ2) is 4.88. The number of pyridine rings is 1. The van der Waals surface area contributed by atoms with Gasteiger partial charge in [-0.15, -0.1) is 12.4 Å². The van der Waals surface area contributed by atoms with Crippen LogP contribution in [0.4, 0.5) is 0 Å². The summed E-state index contributed by atoms with van der Waals surface area (Å²) in [5.74, 6) is 1.11. The molecule has 1 unspecified atom stereocenters. The van der Waals surface area contributed by atoms with E-state index < -0.39 is 5.60 Å². The number of rotatable bonds is 1. The number of hydrogen-bond donors (Lipinski definition) is 2. The summed E-state index contributed by atoms with van der Waals surface area (Å²) < 4.78 is 1.93. The molecular formula is C14H17Cl2N3O. The van der Waals surface area contributed by atoms with Crippen molar-refractivity contribution >= 4 is 29.5 Å². The van der Waals surface area contributed by atoms with Gasteiger partial charge in [-0.05, 0) is 49.9 Å². The second-order valence-electron chi connectivity index (χ2n) is 5.84. The van der Waals surface area contributed by atoms with Crippen LogP contribution in [0.3, 0.4) is 0 Å². The number of nitrogens with one attached hydrogen (secondary N) is 1. The number of nitrogens with zero attached hydrogens (tertiary/aromatic N) is 2. The van der Waals surface area contributed by atoms with Crippen molar-refractivity contribution in [2.24, 2.45) is 11.8 Å². The predicted octanol–water partition coefficient (Wildman–Crippen LogP) is 2.23. The van der Waals surface area contributed by atoms with Gasteiger partial charge in [-0.2, -0.15) is 0 Å². The third-order valence-corrected chi connectivity index (χ3v) is 4.96. The van der Waals surface area contributed by atoms with Crippen LogP contribution in [-0.2, 0) is 5.60 Å². The Morgan fingerprint density at radius 3 is 2.70 bits per heavy atom. The summed E-state index contributed by atoms with van der Waals surface area (Å²) >= 11 is 6.36. The van der Waals surface area contributed by atoms with E-state index in [1.54, 1.807) is 12.5 Å². The minimum atomic E-state index is -0.825. The molecule has 0 radical (unpaired) electrons. The lowest BCUT2D eigenvalue weighted by Gasteiger charge is -2.26. The van der Waals surface area contributed by atoms with E-state index in [2.05, 4.69) is 10.3 Å². The lowest BCUT2D eigenvalue weighted by Crippen LogP contribution is -2.28. The molecule has 20 heavy (non-hydrogen) atoms. The molecule has 1 saturated heterocycles. The van der Waals surface area contributed by atoms with Gasteiger partial charge in [-0.3, -0.25) is 4.40 Å². The Morgan fingerprint density at radius 2 is 2.00 bits per heavy atom. The van der Waals surface area contributed by atoms with Crippen molar-refractivity contribution in [3.8, 4) is 0 Å². The summed E-state index contributed by atoms with van der Waals surface area (Å²) in [5, 5.41) is 15.1. The van der Waals surface area contributed by atoms with Gasteiger partial charge in [0.05, 0.1) is 28.8 Å². The van der Waals surface area contributed by atoms with Gasteiger partial charge in [0.15, 0.2) is 0 Å². The first-order valence-corrected chi connectivity index (χ1v) is 7.09. The van der Waals surface area contributed by atoms with Crippen LogP contribution in [0.1, 0.15) is 18.5 Å². The van der Waals surface area contributed by atoms with Crippen LogP contribution in [0.25, 0.3) is 5.52 Å². The summed E-state index contributed by atoms with van der Waals surface area (Å²) in [6.07, 6.45) is 5.09. The summed E-state index contributed by atoms with van der Waals surface area (Å²) in [6.45, 7) is 2.01. The van der Waals surface area contributed by atoms with Crippen molar-refractivity contribution in [3.05, 3.63) is 35.4 Å². The predicted molar refractivity (Wildman–Crippen MR) is 80.4 cm³/mol. The van der Waals surface area contributed by atoms with E-state index in [0.29, 0.717) is 16.9 Å². The number of aromatic nitrogens is 2. The van der Waals surface area contributed by atoms with Gasteiger partial charge in [0, 0.05) is 0 Å². The highest BCUT2D eigenvalue weighted by molar-refractivity contribution is 6.31. The third-order valence-electron chi connectivity index (χ3n) is 4.65. The molecule has 4 nitrogen and oxygen atoms in total. The normalized spacial score (nSPS) is 32.3. The van der Waals surface area contributed by atoms with E-state index in [9.17, 15) is 5.11 Å². The Hall–Kier alpha value is -0.810. The highest BCUT2D eigenvalue weighted by Gasteiger charge is 2.48. The molecule has 0 spiro atoms. The molecule has 2 aliphatic rings. The molecule has 0 aromatic carbocycles. The van der Waals surface area contributed by atoms with E-state index >= 15 is 0 Å². The molecule has 1 aliphatic carbocycles. The molecule has 3 atom stereocenters. The lowest BCUT2D eigenvalue weighted by atomic mass is 9.94. The van der Waals surface area contributed by atoms with Crippen molar-refractivity contribution in [2.75, 3.05) is 13.1 Å². The molecule has 2 fully saturated rings. The van der Waals surface area contributed by atoms with Crippen LogP contribution in [0.15, 0.2) is 24.7 Å². The van der Waals surface area contributed by atoms with Crippen LogP contribution < -0.4 is 5.32 Å². The van der Waals surface area contributed by atoms with Crippen LogP contribution >= 0.6 is 24.0 Å².